The van der Waals surface area contributed by atoms with Crippen molar-refractivity contribution in [3.05, 3.63) is 86.9 Å². The lowest BCUT2D eigenvalue weighted by Crippen LogP contribution is -2.06. The van der Waals surface area contributed by atoms with E-state index in [1.165, 1.54) is 0 Å². The SMILES string of the molecule is Cc1c(C)n(Cc2ccccc2)c2nc(-c3cccc(Cl)c3)oc(=O)c12. The van der Waals surface area contributed by atoms with Gasteiger partial charge in [0.2, 0.25) is 5.89 Å². The number of benzene rings is 2. The first-order valence-corrected chi connectivity index (χ1v) is 8.73. The maximum atomic E-state index is 12.6. The highest BCUT2D eigenvalue weighted by Crippen LogP contribution is 2.26. The van der Waals surface area contributed by atoms with Gasteiger partial charge < -0.3 is 8.98 Å². The fourth-order valence-electron chi connectivity index (χ4n) is 3.17. The van der Waals surface area contributed by atoms with Gasteiger partial charge in [-0.3, -0.25) is 0 Å². The lowest BCUT2D eigenvalue weighted by atomic mass is 10.2. The molecule has 0 amide bonds. The average molecular weight is 365 g/mol. The fraction of sp³-hybridized carbons (Fsp3) is 0.143. The van der Waals surface area contributed by atoms with Gasteiger partial charge in [-0.15, -0.1) is 0 Å². The standard InChI is InChI=1S/C21H17ClN2O2/c1-13-14(2)24(12-15-7-4-3-5-8-15)19-18(13)21(25)26-20(23-19)16-9-6-10-17(22)11-16/h3-11H,12H2,1-2H3. The molecule has 0 aliphatic heterocycles. The van der Waals surface area contributed by atoms with Gasteiger partial charge in [-0.1, -0.05) is 48.0 Å². The number of nitrogens with zero attached hydrogens (tertiary/aromatic N) is 2. The van der Waals surface area contributed by atoms with Crippen LogP contribution in [0.25, 0.3) is 22.5 Å². The molecule has 0 aliphatic rings. The predicted molar refractivity (Wildman–Crippen MR) is 104 cm³/mol. The average Bonchev–Trinajstić information content (AvgIpc) is 2.88. The summed E-state index contributed by atoms with van der Waals surface area (Å²) in [4.78, 5) is 17.3. The van der Waals surface area contributed by atoms with Crippen LogP contribution < -0.4 is 5.63 Å². The van der Waals surface area contributed by atoms with E-state index in [1.807, 2.05) is 44.2 Å². The topological polar surface area (TPSA) is 48.0 Å². The maximum absolute atomic E-state index is 12.6. The molecule has 130 valence electrons. The minimum Gasteiger partial charge on any atom is -0.403 e. The van der Waals surface area contributed by atoms with Crippen molar-refractivity contribution in [1.29, 1.82) is 0 Å². The molecule has 0 unspecified atom stereocenters. The van der Waals surface area contributed by atoms with E-state index in [2.05, 4.69) is 21.7 Å². The van der Waals surface area contributed by atoms with Gasteiger partial charge in [0.15, 0.2) is 5.65 Å². The Morgan fingerprint density at radius 3 is 2.58 bits per heavy atom. The molecular weight excluding hydrogens is 348 g/mol. The molecule has 0 bridgehead atoms. The number of fused-ring (bicyclic) bond motifs is 1. The summed E-state index contributed by atoms with van der Waals surface area (Å²) in [5, 5.41) is 1.10. The van der Waals surface area contributed by atoms with Gasteiger partial charge in [0.25, 0.3) is 0 Å². The monoisotopic (exact) mass is 364 g/mol. The van der Waals surface area contributed by atoms with Crippen LogP contribution in [-0.4, -0.2) is 9.55 Å². The lowest BCUT2D eigenvalue weighted by molar-refractivity contribution is 0.517. The molecular formula is C21H17ClN2O2. The van der Waals surface area contributed by atoms with Crippen molar-refractivity contribution >= 4 is 22.6 Å². The number of aryl methyl sites for hydroxylation is 1. The highest BCUT2D eigenvalue weighted by atomic mass is 35.5. The number of aromatic nitrogens is 2. The third-order valence-electron chi connectivity index (χ3n) is 4.66. The van der Waals surface area contributed by atoms with Crippen molar-refractivity contribution in [3.63, 3.8) is 0 Å². The third-order valence-corrected chi connectivity index (χ3v) is 4.89. The molecule has 0 saturated carbocycles. The summed E-state index contributed by atoms with van der Waals surface area (Å²) in [6.07, 6.45) is 0. The minimum atomic E-state index is -0.377. The number of hydrogen-bond acceptors (Lipinski definition) is 3. The zero-order valence-electron chi connectivity index (χ0n) is 14.5. The molecule has 26 heavy (non-hydrogen) atoms. The van der Waals surface area contributed by atoms with Crippen LogP contribution in [0.1, 0.15) is 16.8 Å². The Kier molecular flexibility index (Phi) is 4.13. The van der Waals surface area contributed by atoms with Gasteiger partial charge >= 0.3 is 5.63 Å². The molecule has 0 N–H and O–H groups in total. The van der Waals surface area contributed by atoms with E-state index < -0.39 is 0 Å². The highest BCUT2D eigenvalue weighted by molar-refractivity contribution is 6.30. The van der Waals surface area contributed by atoms with Gasteiger partial charge in [-0.2, -0.15) is 4.98 Å². The van der Waals surface area contributed by atoms with Gasteiger partial charge in [0.1, 0.15) is 5.39 Å². The first-order chi connectivity index (χ1) is 12.5. The molecule has 2 aromatic carbocycles. The van der Waals surface area contributed by atoms with Crippen molar-refractivity contribution in [2.75, 3.05) is 0 Å². The molecule has 4 aromatic rings. The zero-order valence-corrected chi connectivity index (χ0v) is 15.2. The summed E-state index contributed by atoms with van der Waals surface area (Å²) in [5.41, 5.74) is 3.99. The Balaban J connectivity index is 1.94. The second kappa shape index (κ2) is 6.46. The summed E-state index contributed by atoms with van der Waals surface area (Å²) in [6, 6.07) is 17.3. The highest BCUT2D eigenvalue weighted by Gasteiger charge is 2.19. The molecule has 0 saturated heterocycles. The van der Waals surface area contributed by atoms with E-state index in [0.29, 0.717) is 28.2 Å². The van der Waals surface area contributed by atoms with E-state index in [-0.39, 0.29) is 11.5 Å². The Morgan fingerprint density at radius 2 is 1.85 bits per heavy atom. The van der Waals surface area contributed by atoms with E-state index in [1.54, 1.807) is 12.1 Å². The Labute approximate surface area is 155 Å². The van der Waals surface area contributed by atoms with Crippen molar-refractivity contribution in [1.82, 2.24) is 9.55 Å². The van der Waals surface area contributed by atoms with Crippen LogP contribution in [0.3, 0.4) is 0 Å². The summed E-state index contributed by atoms with van der Waals surface area (Å²) >= 11 is 6.07. The molecule has 4 nitrogen and oxygen atoms in total. The van der Waals surface area contributed by atoms with E-state index in [0.717, 1.165) is 16.8 Å². The number of rotatable bonds is 3. The van der Waals surface area contributed by atoms with Gasteiger partial charge in [-0.05, 0) is 43.2 Å². The maximum Gasteiger partial charge on any atom is 0.349 e. The van der Waals surface area contributed by atoms with Crippen LogP contribution in [0.5, 0.6) is 0 Å². The fourth-order valence-corrected chi connectivity index (χ4v) is 3.36. The van der Waals surface area contributed by atoms with Gasteiger partial charge in [0.05, 0.1) is 0 Å². The lowest BCUT2D eigenvalue weighted by Gasteiger charge is -2.08. The minimum absolute atomic E-state index is 0.275. The van der Waals surface area contributed by atoms with E-state index in [9.17, 15) is 4.79 Å². The molecule has 0 atom stereocenters. The zero-order chi connectivity index (χ0) is 18.3. The Hall–Kier alpha value is -2.85. The van der Waals surface area contributed by atoms with Crippen LogP contribution in [0.4, 0.5) is 0 Å². The van der Waals surface area contributed by atoms with Crippen molar-refractivity contribution in [2.24, 2.45) is 0 Å². The van der Waals surface area contributed by atoms with Crippen molar-refractivity contribution in [3.8, 4) is 11.5 Å². The molecule has 2 aromatic heterocycles. The first-order valence-electron chi connectivity index (χ1n) is 8.35. The van der Waals surface area contributed by atoms with E-state index >= 15 is 0 Å². The molecule has 0 radical (unpaired) electrons. The molecule has 0 aliphatic carbocycles. The van der Waals surface area contributed by atoms with Crippen molar-refractivity contribution in [2.45, 2.75) is 20.4 Å². The Morgan fingerprint density at radius 1 is 1.08 bits per heavy atom. The van der Waals surface area contributed by atoms with Gasteiger partial charge in [-0.25, -0.2) is 4.79 Å². The smallest absolute Gasteiger partial charge is 0.349 e. The quantitative estimate of drug-likeness (QED) is 0.515. The summed E-state index contributed by atoms with van der Waals surface area (Å²) < 4.78 is 7.55. The Bertz CT molecular complexity index is 1160. The van der Waals surface area contributed by atoms with Crippen molar-refractivity contribution < 1.29 is 4.42 Å². The normalized spacial score (nSPS) is 11.2. The second-order valence-electron chi connectivity index (χ2n) is 6.30. The largest absolute Gasteiger partial charge is 0.403 e. The predicted octanol–water partition coefficient (Wildman–Crippen LogP) is 4.98. The van der Waals surface area contributed by atoms with Crippen LogP contribution in [-0.2, 0) is 6.54 Å². The number of halogens is 1. The van der Waals surface area contributed by atoms with Crippen LogP contribution in [0.2, 0.25) is 5.02 Å². The van der Waals surface area contributed by atoms with Crippen LogP contribution in [0.15, 0.2) is 63.8 Å². The van der Waals surface area contributed by atoms with E-state index in [4.69, 9.17) is 16.0 Å². The summed E-state index contributed by atoms with van der Waals surface area (Å²) in [7, 11) is 0. The molecule has 2 heterocycles. The molecule has 5 heteroatoms. The third kappa shape index (κ3) is 2.82. The van der Waals surface area contributed by atoms with Crippen LogP contribution >= 0.6 is 11.6 Å². The van der Waals surface area contributed by atoms with Gasteiger partial charge in [0, 0.05) is 22.8 Å². The molecule has 0 fully saturated rings. The summed E-state index contributed by atoms with van der Waals surface area (Å²) in [6.45, 7) is 4.57. The second-order valence-corrected chi connectivity index (χ2v) is 6.73. The molecule has 0 spiro atoms. The summed E-state index contributed by atoms with van der Waals surface area (Å²) in [5.74, 6) is 0.275. The van der Waals surface area contributed by atoms with Crippen LogP contribution in [0, 0.1) is 13.8 Å². The molecule has 4 rings (SSSR count). The number of hydrogen-bond donors (Lipinski definition) is 0. The first kappa shape index (κ1) is 16.6.